The summed E-state index contributed by atoms with van der Waals surface area (Å²) in [4.78, 5) is 17.3. The molecule has 3 heterocycles. The molecule has 0 unspecified atom stereocenters. The van der Waals surface area contributed by atoms with E-state index in [2.05, 4.69) is 25.6 Å². The number of carbonyl (C=O) groups is 1. The van der Waals surface area contributed by atoms with Gasteiger partial charge in [-0.25, -0.2) is 9.37 Å². The molecule has 1 atom stereocenters. The fraction of sp³-hybridized carbons (Fsp3) is 0.318. The Labute approximate surface area is 184 Å². The maximum absolute atomic E-state index is 14.7. The van der Waals surface area contributed by atoms with Crippen LogP contribution in [0.15, 0.2) is 42.9 Å². The van der Waals surface area contributed by atoms with Gasteiger partial charge in [0.25, 0.3) is 5.91 Å². The van der Waals surface area contributed by atoms with Crippen LogP contribution in [0.25, 0.3) is 22.4 Å². The lowest BCUT2D eigenvalue weighted by molar-refractivity contribution is 0.102. The first-order valence-corrected chi connectivity index (χ1v) is 10.2. The number of benzene rings is 1. The Kier molecular flexibility index (Phi) is 5.95. The van der Waals surface area contributed by atoms with E-state index in [4.69, 9.17) is 4.74 Å². The SMILES string of the molecule is COC[C@H](C)n1cc2cc(F)c(C(=O)Nc3cccc(-c4nncn4C(C)C)n3)cc2n1. The Bertz CT molecular complexity index is 1260. The molecule has 10 heteroatoms. The van der Waals surface area contributed by atoms with E-state index in [0.29, 0.717) is 29.0 Å². The summed E-state index contributed by atoms with van der Waals surface area (Å²) < 4.78 is 23.4. The van der Waals surface area contributed by atoms with E-state index in [1.807, 2.05) is 25.3 Å². The van der Waals surface area contributed by atoms with Crippen molar-refractivity contribution in [2.24, 2.45) is 0 Å². The highest BCUT2D eigenvalue weighted by atomic mass is 19.1. The van der Waals surface area contributed by atoms with Crippen molar-refractivity contribution in [2.45, 2.75) is 32.9 Å². The summed E-state index contributed by atoms with van der Waals surface area (Å²) in [6, 6.07) is 8.03. The molecule has 0 radical (unpaired) electrons. The first-order chi connectivity index (χ1) is 15.4. The van der Waals surface area contributed by atoms with E-state index in [9.17, 15) is 9.18 Å². The Hall–Kier alpha value is -3.66. The number of methoxy groups -OCH3 is 1. The topological polar surface area (TPSA) is 99.8 Å². The number of hydrogen-bond donors (Lipinski definition) is 1. The van der Waals surface area contributed by atoms with Gasteiger partial charge in [-0.15, -0.1) is 10.2 Å². The van der Waals surface area contributed by atoms with Crippen LogP contribution in [0.5, 0.6) is 0 Å². The van der Waals surface area contributed by atoms with Crippen molar-refractivity contribution < 1.29 is 13.9 Å². The molecule has 0 fully saturated rings. The molecular weight excluding hydrogens is 413 g/mol. The van der Waals surface area contributed by atoms with Crippen molar-refractivity contribution in [2.75, 3.05) is 19.0 Å². The molecule has 0 aliphatic rings. The number of fused-ring (bicyclic) bond motifs is 1. The highest BCUT2D eigenvalue weighted by molar-refractivity contribution is 6.06. The molecule has 0 aliphatic carbocycles. The summed E-state index contributed by atoms with van der Waals surface area (Å²) in [7, 11) is 1.61. The molecule has 0 saturated carbocycles. The van der Waals surface area contributed by atoms with Crippen LogP contribution in [0.2, 0.25) is 0 Å². The van der Waals surface area contributed by atoms with Gasteiger partial charge < -0.3 is 14.6 Å². The van der Waals surface area contributed by atoms with Gasteiger partial charge >= 0.3 is 0 Å². The number of amides is 1. The number of halogens is 1. The number of nitrogens with one attached hydrogen (secondary N) is 1. The summed E-state index contributed by atoms with van der Waals surface area (Å²) in [6.07, 6.45) is 3.36. The van der Waals surface area contributed by atoms with Crippen molar-refractivity contribution in [3.05, 3.63) is 54.2 Å². The molecule has 4 aromatic rings. The standard InChI is InChI=1S/C22H24FN7O2/c1-13(2)29-12-24-27-21(29)18-6-5-7-20(25-18)26-22(31)16-9-19-15(8-17(16)23)10-30(28-19)14(3)11-32-4/h5-10,12-14H,11H2,1-4H3,(H,25,26,31)/t14-/m0/s1. The molecule has 3 aromatic heterocycles. The summed E-state index contributed by atoms with van der Waals surface area (Å²) in [5.41, 5.74) is 0.960. The second kappa shape index (κ2) is 8.83. The number of aromatic nitrogens is 6. The smallest absolute Gasteiger partial charge is 0.259 e. The highest BCUT2D eigenvalue weighted by Crippen LogP contribution is 2.23. The van der Waals surface area contributed by atoms with Gasteiger partial charge in [-0.1, -0.05) is 6.07 Å². The number of anilines is 1. The average Bonchev–Trinajstić information content (AvgIpc) is 3.40. The van der Waals surface area contributed by atoms with Gasteiger partial charge in [-0.05, 0) is 45.0 Å². The van der Waals surface area contributed by atoms with Crippen molar-refractivity contribution >= 4 is 22.6 Å². The van der Waals surface area contributed by atoms with Crippen molar-refractivity contribution in [1.29, 1.82) is 0 Å². The summed E-state index contributed by atoms with van der Waals surface area (Å²) in [5, 5.41) is 15.8. The third-order valence-corrected chi connectivity index (χ3v) is 5.06. The minimum Gasteiger partial charge on any atom is -0.382 e. The fourth-order valence-electron chi connectivity index (χ4n) is 3.40. The van der Waals surface area contributed by atoms with E-state index in [0.717, 1.165) is 0 Å². The Morgan fingerprint density at radius 3 is 2.81 bits per heavy atom. The van der Waals surface area contributed by atoms with Crippen LogP contribution in [0, 0.1) is 5.82 Å². The fourth-order valence-corrected chi connectivity index (χ4v) is 3.40. The highest BCUT2D eigenvalue weighted by Gasteiger charge is 2.18. The quantitative estimate of drug-likeness (QED) is 0.471. The maximum atomic E-state index is 14.7. The first-order valence-electron chi connectivity index (χ1n) is 10.2. The zero-order chi connectivity index (χ0) is 22.8. The normalized spacial score (nSPS) is 12.4. The molecule has 1 N–H and O–H groups in total. The van der Waals surface area contributed by atoms with Gasteiger partial charge in [0.15, 0.2) is 5.82 Å². The van der Waals surface area contributed by atoms with Crippen molar-refractivity contribution in [1.82, 2.24) is 29.5 Å². The molecule has 0 spiro atoms. The second-order valence-corrected chi connectivity index (χ2v) is 7.82. The molecule has 4 rings (SSSR count). The molecule has 9 nitrogen and oxygen atoms in total. The van der Waals surface area contributed by atoms with Crippen molar-refractivity contribution in [3.63, 3.8) is 0 Å². The summed E-state index contributed by atoms with van der Waals surface area (Å²) in [5.74, 6) is -0.382. The molecule has 166 valence electrons. The number of carbonyl (C=O) groups excluding carboxylic acids is 1. The lowest BCUT2D eigenvalue weighted by atomic mass is 10.1. The van der Waals surface area contributed by atoms with Crippen LogP contribution in [0.1, 0.15) is 43.2 Å². The van der Waals surface area contributed by atoms with E-state index in [1.54, 1.807) is 42.5 Å². The number of ether oxygens (including phenoxy) is 1. The zero-order valence-corrected chi connectivity index (χ0v) is 18.3. The predicted octanol–water partition coefficient (Wildman–Crippen LogP) is 3.87. The second-order valence-electron chi connectivity index (χ2n) is 7.82. The summed E-state index contributed by atoms with van der Waals surface area (Å²) in [6.45, 7) is 6.43. The minimum atomic E-state index is -0.635. The molecule has 1 amide bonds. The van der Waals surface area contributed by atoms with Gasteiger partial charge in [0.05, 0.1) is 23.7 Å². The Morgan fingerprint density at radius 2 is 2.06 bits per heavy atom. The minimum absolute atomic E-state index is 0.0208. The van der Waals surface area contributed by atoms with Crippen LogP contribution in [-0.2, 0) is 4.74 Å². The predicted molar refractivity (Wildman–Crippen MR) is 118 cm³/mol. The molecular formula is C22H24FN7O2. The van der Waals surface area contributed by atoms with Crippen LogP contribution >= 0.6 is 0 Å². The first kappa shape index (κ1) is 21.6. The lowest BCUT2D eigenvalue weighted by Crippen LogP contribution is -2.15. The third-order valence-electron chi connectivity index (χ3n) is 5.06. The van der Waals surface area contributed by atoms with E-state index >= 15 is 0 Å². The van der Waals surface area contributed by atoms with E-state index in [1.165, 1.54) is 12.1 Å². The largest absolute Gasteiger partial charge is 0.382 e. The summed E-state index contributed by atoms with van der Waals surface area (Å²) >= 11 is 0. The maximum Gasteiger partial charge on any atom is 0.259 e. The van der Waals surface area contributed by atoms with Crippen LogP contribution in [0.4, 0.5) is 10.2 Å². The molecule has 0 aliphatic heterocycles. The van der Waals surface area contributed by atoms with E-state index in [-0.39, 0.29) is 23.5 Å². The van der Waals surface area contributed by atoms with Gasteiger partial charge in [-0.2, -0.15) is 5.10 Å². The number of hydrogen-bond acceptors (Lipinski definition) is 6. The molecule has 0 saturated heterocycles. The van der Waals surface area contributed by atoms with Crippen LogP contribution in [-0.4, -0.2) is 49.2 Å². The monoisotopic (exact) mass is 437 g/mol. The Balaban J connectivity index is 1.60. The molecule has 32 heavy (non-hydrogen) atoms. The van der Waals surface area contributed by atoms with Gasteiger partial charge in [0.2, 0.25) is 0 Å². The number of pyridine rings is 1. The van der Waals surface area contributed by atoms with Crippen LogP contribution < -0.4 is 5.32 Å². The van der Waals surface area contributed by atoms with Crippen molar-refractivity contribution in [3.8, 4) is 11.5 Å². The van der Waals surface area contributed by atoms with Gasteiger partial charge in [0, 0.05) is 24.7 Å². The Morgan fingerprint density at radius 1 is 1.25 bits per heavy atom. The number of rotatable bonds is 7. The molecule has 0 bridgehead atoms. The number of nitrogens with zero attached hydrogens (tertiary/aromatic N) is 6. The van der Waals surface area contributed by atoms with Crippen LogP contribution in [0.3, 0.4) is 0 Å². The molecule has 1 aromatic carbocycles. The van der Waals surface area contributed by atoms with E-state index < -0.39 is 11.7 Å². The van der Waals surface area contributed by atoms with Gasteiger partial charge in [-0.3, -0.25) is 9.48 Å². The zero-order valence-electron chi connectivity index (χ0n) is 18.3. The third kappa shape index (κ3) is 4.22. The average molecular weight is 437 g/mol. The lowest BCUT2D eigenvalue weighted by Gasteiger charge is -2.11. The van der Waals surface area contributed by atoms with Gasteiger partial charge in [0.1, 0.15) is 23.7 Å².